The summed E-state index contributed by atoms with van der Waals surface area (Å²) in [5, 5.41) is 3.45. The lowest BCUT2D eigenvalue weighted by molar-refractivity contribution is 0.0992. The summed E-state index contributed by atoms with van der Waals surface area (Å²) in [6.07, 6.45) is 1.13. The Hall–Kier alpha value is -3.74. The minimum absolute atomic E-state index is 0.172. The zero-order valence-electron chi connectivity index (χ0n) is 17.3. The molecule has 0 bridgehead atoms. The van der Waals surface area contributed by atoms with Crippen molar-refractivity contribution in [3.05, 3.63) is 71.5 Å². The number of hydrogen-bond acceptors (Lipinski definition) is 6. The second-order valence-corrected chi connectivity index (χ2v) is 6.90. The molecule has 154 valence electrons. The van der Waals surface area contributed by atoms with E-state index in [0.717, 1.165) is 11.3 Å². The Morgan fingerprint density at radius 2 is 1.73 bits per heavy atom. The Kier molecular flexibility index (Phi) is 5.18. The molecule has 0 radical (unpaired) electrons. The van der Waals surface area contributed by atoms with Crippen LogP contribution in [0.2, 0.25) is 0 Å². The second kappa shape index (κ2) is 7.94. The molecule has 1 amide bonds. The molecule has 1 N–H and O–H groups in total. The number of anilines is 2. The monoisotopic (exact) mass is 405 g/mol. The van der Waals surface area contributed by atoms with Crippen molar-refractivity contribution in [3.63, 3.8) is 0 Å². The van der Waals surface area contributed by atoms with Crippen LogP contribution in [0.25, 0.3) is 0 Å². The number of nitrogens with zero attached hydrogens (tertiary/aromatic N) is 2. The summed E-state index contributed by atoms with van der Waals surface area (Å²) < 4.78 is 16.4. The first-order chi connectivity index (χ1) is 14.6. The minimum Gasteiger partial charge on any atom is -0.497 e. The van der Waals surface area contributed by atoms with Gasteiger partial charge in [-0.3, -0.25) is 14.7 Å². The molecule has 0 fully saturated rings. The Morgan fingerprint density at radius 1 is 0.967 bits per heavy atom. The number of methoxy groups -OCH3 is 3. The predicted octanol–water partition coefficient (Wildman–Crippen LogP) is 4.19. The third-order valence-corrected chi connectivity index (χ3v) is 5.10. The van der Waals surface area contributed by atoms with Crippen molar-refractivity contribution in [2.75, 3.05) is 31.5 Å². The molecule has 1 aliphatic rings. The fourth-order valence-corrected chi connectivity index (χ4v) is 3.63. The number of benzene rings is 2. The molecule has 1 unspecified atom stereocenters. The van der Waals surface area contributed by atoms with Gasteiger partial charge in [-0.15, -0.1) is 0 Å². The predicted molar refractivity (Wildman–Crippen MR) is 115 cm³/mol. The molecule has 2 heterocycles. The van der Waals surface area contributed by atoms with Gasteiger partial charge in [-0.05, 0) is 48.9 Å². The highest BCUT2D eigenvalue weighted by Gasteiger charge is 2.40. The zero-order valence-corrected chi connectivity index (χ0v) is 17.3. The molecule has 0 saturated carbocycles. The molecular formula is C23H23N3O4. The SMILES string of the molecule is COc1ccc(OC)c(N2C(=O)c3cccnc3C2Nc2cc(C)ccc2OC)c1. The number of aryl methyl sites for hydroxylation is 1. The van der Waals surface area contributed by atoms with Crippen molar-refractivity contribution in [2.45, 2.75) is 13.1 Å². The summed E-state index contributed by atoms with van der Waals surface area (Å²) in [6, 6.07) is 14.7. The molecule has 30 heavy (non-hydrogen) atoms. The molecule has 0 spiro atoms. The van der Waals surface area contributed by atoms with E-state index in [1.165, 1.54) is 0 Å². The van der Waals surface area contributed by atoms with Crippen molar-refractivity contribution < 1.29 is 19.0 Å². The number of aromatic nitrogens is 1. The van der Waals surface area contributed by atoms with Gasteiger partial charge in [0.2, 0.25) is 0 Å². The molecule has 0 saturated heterocycles. The Morgan fingerprint density at radius 3 is 2.47 bits per heavy atom. The van der Waals surface area contributed by atoms with Gasteiger partial charge < -0.3 is 19.5 Å². The summed E-state index contributed by atoms with van der Waals surface area (Å²) in [5.41, 5.74) is 3.58. The van der Waals surface area contributed by atoms with Gasteiger partial charge >= 0.3 is 0 Å². The number of rotatable bonds is 6. The smallest absolute Gasteiger partial charge is 0.262 e. The summed E-state index contributed by atoms with van der Waals surface area (Å²) in [7, 11) is 4.77. The maximum Gasteiger partial charge on any atom is 0.262 e. The van der Waals surface area contributed by atoms with E-state index in [0.29, 0.717) is 34.2 Å². The number of fused-ring (bicyclic) bond motifs is 1. The maximum atomic E-state index is 13.4. The van der Waals surface area contributed by atoms with Gasteiger partial charge in [-0.25, -0.2) is 0 Å². The molecular weight excluding hydrogens is 382 g/mol. The summed E-state index contributed by atoms with van der Waals surface area (Å²) >= 11 is 0. The van der Waals surface area contributed by atoms with E-state index in [4.69, 9.17) is 14.2 Å². The van der Waals surface area contributed by atoms with Crippen LogP contribution in [0.5, 0.6) is 17.2 Å². The number of amides is 1. The van der Waals surface area contributed by atoms with Gasteiger partial charge in [0.05, 0.1) is 44.0 Å². The summed E-state index contributed by atoms with van der Waals surface area (Å²) in [5.74, 6) is 1.68. The van der Waals surface area contributed by atoms with E-state index < -0.39 is 6.17 Å². The van der Waals surface area contributed by atoms with E-state index in [1.807, 2.05) is 25.1 Å². The first-order valence-electron chi connectivity index (χ1n) is 9.49. The lowest BCUT2D eigenvalue weighted by Crippen LogP contribution is -2.33. The van der Waals surface area contributed by atoms with E-state index >= 15 is 0 Å². The molecule has 1 atom stereocenters. The van der Waals surface area contributed by atoms with Crippen LogP contribution in [0, 0.1) is 6.92 Å². The van der Waals surface area contributed by atoms with Crippen LogP contribution in [0.4, 0.5) is 11.4 Å². The van der Waals surface area contributed by atoms with Crippen molar-refractivity contribution in [3.8, 4) is 17.2 Å². The number of nitrogens with one attached hydrogen (secondary N) is 1. The van der Waals surface area contributed by atoms with Crippen LogP contribution in [-0.2, 0) is 0 Å². The van der Waals surface area contributed by atoms with E-state index in [1.54, 1.807) is 62.8 Å². The fraction of sp³-hybridized carbons (Fsp3) is 0.217. The summed E-state index contributed by atoms with van der Waals surface area (Å²) in [4.78, 5) is 19.5. The average Bonchev–Trinajstić information content (AvgIpc) is 3.05. The van der Waals surface area contributed by atoms with Crippen molar-refractivity contribution in [1.82, 2.24) is 4.98 Å². The Bertz CT molecular complexity index is 1100. The maximum absolute atomic E-state index is 13.4. The highest BCUT2D eigenvalue weighted by Crippen LogP contribution is 2.43. The highest BCUT2D eigenvalue weighted by atomic mass is 16.5. The Balaban J connectivity index is 1.86. The fourth-order valence-electron chi connectivity index (χ4n) is 3.63. The number of pyridine rings is 1. The lowest BCUT2D eigenvalue weighted by Gasteiger charge is -2.28. The van der Waals surface area contributed by atoms with Gasteiger partial charge in [-0.2, -0.15) is 0 Å². The molecule has 7 heteroatoms. The zero-order chi connectivity index (χ0) is 21.3. The van der Waals surface area contributed by atoms with Crippen LogP contribution < -0.4 is 24.4 Å². The topological polar surface area (TPSA) is 72.9 Å². The van der Waals surface area contributed by atoms with E-state index in [-0.39, 0.29) is 5.91 Å². The lowest BCUT2D eigenvalue weighted by atomic mass is 10.1. The van der Waals surface area contributed by atoms with Gasteiger partial charge in [0.15, 0.2) is 6.17 Å². The summed E-state index contributed by atoms with van der Waals surface area (Å²) in [6.45, 7) is 2.00. The average molecular weight is 405 g/mol. The number of ether oxygens (including phenoxy) is 3. The van der Waals surface area contributed by atoms with Crippen LogP contribution in [0.3, 0.4) is 0 Å². The molecule has 1 aromatic heterocycles. The van der Waals surface area contributed by atoms with Crippen molar-refractivity contribution in [2.24, 2.45) is 0 Å². The van der Waals surface area contributed by atoms with Gasteiger partial charge in [0.1, 0.15) is 17.2 Å². The minimum atomic E-state index is -0.551. The molecule has 7 nitrogen and oxygen atoms in total. The third-order valence-electron chi connectivity index (χ3n) is 5.10. The van der Waals surface area contributed by atoms with Gasteiger partial charge in [0.25, 0.3) is 5.91 Å². The van der Waals surface area contributed by atoms with E-state index in [2.05, 4.69) is 10.3 Å². The van der Waals surface area contributed by atoms with E-state index in [9.17, 15) is 4.79 Å². The van der Waals surface area contributed by atoms with Crippen LogP contribution >= 0.6 is 0 Å². The highest BCUT2D eigenvalue weighted by molar-refractivity contribution is 6.11. The Labute approximate surface area is 175 Å². The largest absolute Gasteiger partial charge is 0.497 e. The third kappa shape index (κ3) is 3.28. The molecule has 3 aromatic rings. The van der Waals surface area contributed by atoms with Gasteiger partial charge in [0, 0.05) is 12.3 Å². The first kappa shape index (κ1) is 19.6. The normalized spacial score (nSPS) is 15.0. The quantitative estimate of drug-likeness (QED) is 0.663. The molecule has 0 aliphatic carbocycles. The standard InChI is InChI=1S/C23H23N3O4/c1-14-7-9-19(29-3)17(12-14)25-22-21-16(6-5-11-24-21)23(27)26(22)18-13-15(28-2)8-10-20(18)30-4/h5-13,22,25H,1-4H3. The van der Waals surface area contributed by atoms with Crippen LogP contribution in [-0.4, -0.2) is 32.2 Å². The number of hydrogen-bond donors (Lipinski definition) is 1. The van der Waals surface area contributed by atoms with Crippen LogP contribution in [0.1, 0.15) is 27.8 Å². The van der Waals surface area contributed by atoms with Crippen LogP contribution in [0.15, 0.2) is 54.7 Å². The molecule has 1 aliphatic heterocycles. The first-order valence-corrected chi connectivity index (χ1v) is 9.49. The van der Waals surface area contributed by atoms with Gasteiger partial charge in [-0.1, -0.05) is 6.07 Å². The van der Waals surface area contributed by atoms with Crippen molar-refractivity contribution >= 4 is 17.3 Å². The van der Waals surface area contributed by atoms with Crippen molar-refractivity contribution in [1.29, 1.82) is 0 Å². The molecule has 2 aromatic carbocycles. The number of carbonyl (C=O) groups is 1. The number of carbonyl (C=O) groups excluding carboxylic acids is 1. The second-order valence-electron chi connectivity index (χ2n) is 6.90. The molecule has 4 rings (SSSR count).